The summed E-state index contributed by atoms with van der Waals surface area (Å²) in [6.07, 6.45) is 1.13. The van der Waals surface area contributed by atoms with Gasteiger partial charge in [0.05, 0.1) is 6.04 Å². The van der Waals surface area contributed by atoms with Crippen LogP contribution in [0.15, 0.2) is 23.2 Å². The van der Waals surface area contributed by atoms with Crippen LogP contribution in [0.3, 0.4) is 0 Å². The van der Waals surface area contributed by atoms with Crippen molar-refractivity contribution in [3.05, 3.63) is 29.6 Å². The van der Waals surface area contributed by atoms with Crippen molar-refractivity contribution in [3.63, 3.8) is 0 Å². The molecule has 1 N–H and O–H groups in total. The minimum Gasteiger partial charge on any atom is -0.335 e. The number of aliphatic imine (C=N–C) groups is 1. The van der Waals surface area contributed by atoms with Gasteiger partial charge in [-0.3, -0.25) is 4.99 Å². The second-order valence-electron chi connectivity index (χ2n) is 4.97. The van der Waals surface area contributed by atoms with Crippen LogP contribution in [0.25, 0.3) is 0 Å². The van der Waals surface area contributed by atoms with E-state index in [0.717, 1.165) is 28.6 Å². The first-order valence-corrected chi connectivity index (χ1v) is 7.28. The maximum absolute atomic E-state index is 13.0. The number of thioether (sulfide) groups is 1. The zero-order valence-electron chi connectivity index (χ0n) is 11.0. The number of benzene rings is 1. The summed E-state index contributed by atoms with van der Waals surface area (Å²) in [6, 6.07) is 5.18. The highest BCUT2D eigenvalue weighted by Gasteiger charge is 2.18. The summed E-state index contributed by atoms with van der Waals surface area (Å²) in [5, 5.41) is 4.26. The summed E-state index contributed by atoms with van der Waals surface area (Å²) in [7, 11) is 0. The van der Waals surface area contributed by atoms with Crippen LogP contribution in [-0.4, -0.2) is 17.0 Å². The number of nitrogens with one attached hydrogen (secondary N) is 1. The molecule has 4 heteroatoms. The minimum absolute atomic E-state index is 0.198. The number of nitrogens with zero attached hydrogens (tertiary/aromatic N) is 1. The molecule has 0 aliphatic carbocycles. The monoisotopic (exact) mass is 266 g/mol. The fourth-order valence-corrected chi connectivity index (χ4v) is 2.91. The minimum atomic E-state index is -0.198. The molecule has 0 radical (unpaired) electrons. The lowest BCUT2D eigenvalue weighted by atomic mass is 10.0. The Morgan fingerprint density at radius 3 is 2.89 bits per heavy atom. The average Bonchev–Trinajstić information content (AvgIpc) is 2.33. The van der Waals surface area contributed by atoms with Gasteiger partial charge in [-0.05, 0) is 43.0 Å². The van der Waals surface area contributed by atoms with Crippen molar-refractivity contribution in [2.24, 2.45) is 10.9 Å². The number of rotatable bonds is 2. The third kappa shape index (κ3) is 3.25. The number of amidine groups is 1. The molecule has 18 heavy (non-hydrogen) atoms. The average molecular weight is 266 g/mol. The molecule has 0 fully saturated rings. The molecule has 1 aromatic carbocycles. The molecule has 1 aliphatic rings. The third-order valence-electron chi connectivity index (χ3n) is 3.14. The van der Waals surface area contributed by atoms with E-state index in [9.17, 15) is 4.39 Å². The summed E-state index contributed by atoms with van der Waals surface area (Å²) < 4.78 is 13.0. The SMILES string of the molecule is Cc1cc(F)ccc1NC1=NC(C(C)C)CCS1. The Kier molecular flexibility index (Phi) is 4.27. The fourth-order valence-electron chi connectivity index (χ4n) is 1.96. The highest BCUT2D eigenvalue weighted by molar-refractivity contribution is 8.14. The summed E-state index contributed by atoms with van der Waals surface area (Å²) >= 11 is 1.74. The van der Waals surface area contributed by atoms with Crippen LogP contribution in [0, 0.1) is 18.7 Å². The van der Waals surface area contributed by atoms with Gasteiger partial charge >= 0.3 is 0 Å². The molecule has 0 saturated heterocycles. The molecule has 98 valence electrons. The number of halogens is 1. The van der Waals surface area contributed by atoms with E-state index >= 15 is 0 Å². The lowest BCUT2D eigenvalue weighted by Gasteiger charge is -2.23. The van der Waals surface area contributed by atoms with Crippen molar-refractivity contribution < 1.29 is 4.39 Å². The van der Waals surface area contributed by atoms with Crippen molar-refractivity contribution in [1.82, 2.24) is 0 Å². The Hall–Kier alpha value is -1.03. The lowest BCUT2D eigenvalue weighted by Crippen LogP contribution is -2.24. The predicted molar refractivity (Wildman–Crippen MR) is 77.9 cm³/mol. The van der Waals surface area contributed by atoms with Crippen LogP contribution in [0.2, 0.25) is 0 Å². The van der Waals surface area contributed by atoms with Gasteiger partial charge in [-0.1, -0.05) is 25.6 Å². The normalized spacial score (nSPS) is 19.8. The Bertz CT molecular complexity index is 457. The van der Waals surface area contributed by atoms with E-state index in [4.69, 9.17) is 4.99 Å². The molecule has 0 bridgehead atoms. The molecule has 1 unspecified atom stereocenters. The van der Waals surface area contributed by atoms with E-state index in [2.05, 4.69) is 19.2 Å². The first-order chi connectivity index (χ1) is 8.56. The molecule has 1 atom stereocenters. The van der Waals surface area contributed by atoms with E-state index in [1.807, 2.05) is 6.92 Å². The maximum Gasteiger partial charge on any atom is 0.161 e. The fraction of sp³-hybridized carbons (Fsp3) is 0.500. The van der Waals surface area contributed by atoms with E-state index in [0.29, 0.717) is 12.0 Å². The predicted octanol–water partition coefficient (Wildman–Crippen LogP) is 4.06. The van der Waals surface area contributed by atoms with E-state index in [1.165, 1.54) is 12.1 Å². The Morgan fingerprint density at radius 2 is 2.22 bits per heavy atom. The first-order valence-electron chi connectivity index (χ1n) is 6.30. The number of hydrogen-bond donors (Lipinski definition) is 1. The van der Waals surface area contributed by atoms with Crippen LogP contribution in [0.4, 0.5) is 10.1 Å². The Labute approximate surface area is 112 Å². The summed E-state index contributed by atoms with van der Waals surface area (Å²) in [5.41, 5.74) is 1.84. The summed E-state index contributed by atoms with van der Waals surface area (Å²) in [6.45, 7) is 6.30. The molecular formula is C14H19FN2S. The summed E-state index contributed by atoms with van der Waals surface area (Å²) in [5.74, 6) is 1.46. The smallest absolute Gasteiger partial charge is 0.161 e. The number of anilines is 1. The second kappa shape index (κ2) is 5.74. The largest absolute Gasteiger partial charge is 0.335 e. The zero-order chi connectivity index (χ0) is 13.1. The molecule has 0 amide bonds. The summed E-state index contributed by atoms with van der Waals surface area (Å²) in [4.78, 5) is 4.71. The number of hydrogen-bond acceptors (Lipinski definition) is 3. The molecule has 0 spiro atoms. The molecule has 1 aromatic rings. The lowest BCUT2D eigenvalue weighted by molar-refractivity contribution is 0.485. The molecule has 0 saturated carbocycles. The maximum atomic E-state index is 13.0. The van der Waals surface area contributed by atoms with Gasteiger partial charge in [0.15, 0.2) is 5.17 Å². The third-order valence-corrected chi connectivity index (χ3v) is 4.06. The van der Waals surface area contributed by atoms with Crippen LogP contribution < -0.4 is 5.32 Å². The van der Waals surface area contributed by atoms with Crippen LogP contribution in [0.1, 0.15) is 25.8 Å². The topological polar surface area (TPSA) is 24.4 Å². The Balaban J connectivity index is 2.13. The molecule has 1 aliphatic heterocycles. The quantitative estimate of drug-likeness (QED) is 0.873. The first kappa shape index (κ1) is 13.4. The van der Waals surface area contributed by atoms with Crippen LogP contribution >= 0.6 is 11.8 Å². The Morgan fingerprint density at radius 1 is 1.44 bits per heavy atom. The van der Waals surface area contributed by atoms with Gasteiger partial charge in [0, 0.05) is 11.4 Å². The molecular weight excluding hydrogens is 247 g/mol. The van der Waals surface area contributed by atoms with Crippen molar-refractivity contribution >= 4 is 22.6 Å². The van der Waals surface area contributed by atoms with Gasteiger partial charge in [-0.15, -0.1) is 0 Å². The second-order valence-corrected chi connectivity index (χ2v) is 6.05. The van der Waals surface area contributed by atoms with Gasteiger partial charge in [-0.2, -0.15) is 0 Å². The van der Waals surface area contributed by atoms with Crippen LogP contribution in [-0.2, 0) is 0 Å². The van der Waals surface area contributed by atoms with Crippen molar-refractivity contribution in [3.8, 4) is 0 Å². The van der Waals surface area contributed by atoms with Gasteiger partial charge < -0.3 is 5.32 Å². The molecule has 1 heterocycles. The van der Waals surface area contributed by atoms with Crippen molar-refractivity contribution in [1.29, 1.82) is 0 Å². The van der Waals surface area contributed by atoms with E-state index in [-0.39, 0.29) is 5.82 Å². The van der Waals surface area contributed by atoms with Crippen molar-refractivity contribution in [2.75, 3.05) is 11.1 Å². The number of aryl methyl sites for hydroxylation is 1. The van der Waals surface area contributed by atoms with Crippen molar-refractivity contribution in [2.45, 2.75) is 33.2 Å². The van der Waals surface area contributed by atoms with Gasteiger partial charge in [0.25, 0.3) is 0 Å². The van der Waals surface area contributed by atoms with E-state index in [1.54, 1.807) is 17.8 Å². The highest BCUT2D eigenvalue weighted by atomic mass is 32.2. The molecule has 0 aromatic heterocycles. The van der Waals surface area contributed by atoms with E-state index < -0.39 is 0 Å². The zero-order valence-corrected chi connectivity index (χ0v) is 11.9. The standard InChI is InChI=1S/C14H19FN2S/c1-9(2)12-6-7-18-14(16-12)17-13-5-4-11(15)8-10(13)3/h4-5,8-9,12H,6-7H2,1-3H3,(H,16,17). The van der Waals surface area contributed by atoms with Crippen LogP contribution in [0.5, 0.6) is 0 Å². The van der Waals surface area contributed by atoms with Gasteiger partial charge in [0.1, 0.15) is 5.82 Å². The molecule has 2 rings (SSSR count). The molecule has 2 nitrogen and oxygen atoms in total. The van der Waals surface area contributed by atoms with Gasteiger partial charge in [-0.25, -0.2) is 4.39 Å². The van der Waals surface area contributed by atoms with Gasteiger partial charge in [0.2, 0.25) is 0 Å². The highest BCUT2D eigenvalue weighted by Crippen LogP contribution is 2.25.